The average molecular weight is 258 g/mol. The van der Waals surface area contributed by atoms with Crippen molar-refractivity contribution in [2.24, 2.45) is 11.8 Å². The maximum atomic E-state index is 3.54. The van der Waals surface area contributed by atoms with Crippen molar-refractivity contribution < 1.29 is 0 Å². The monoisotopic (exact) mass is 258 g/mol. The van der Waals surface area contributed by atoms with Gasteiger partial charge in [0.25, 0.3) is 0 Å². The Bertz CT molecular complexity index is 431. The van der Waals surface area contributed by atoms with E-state index in [1.165, 1.54) is 38.0 Å². The number of anilines is 1. The van der Waals surface area contributed by atoms with Gasteiger partial charge in [-0.05, 0) is 48.3 Å². The predicted molar refractivity (Wildman–Crippen MR) is 81.5 cm³/mol. The Labute approximate surface area is 117 Å². The van der Waals surface area contributed by atoms with Gasteiger partial charge in [-0.3, -0.25) is 4.90 Å². The molecule has 2 heteroatoms. The molecule has 0 aliphatic carbocycles. The SMILES string of the molecule is CC1CC(C)CN(Cc2cccc3c2CCCN3)C1. The Kier molecular flexibility index (Phi) is 3.79. The van der Waals surface area contributed by atoms with Crippen LogP contribution in [0.2, 0.25) is 0 Å². The van der Waals surface area contributed by atoms with Gasteiger partial charge in [-0.1, -0.05) is 26.0 Å². The van der Waals surface area contributed by atoms with Gasteiger partial charge in [0.05, 0.1) is 0 Å². The lowest BCUT2D eigenvalue weighted by atomic mass is 9.90. The van der Waals surface area contributed by atoms with E-state index >= 15 is 0 Å². The largest absolute Gasteiger partial charge is 0.385 e. The quantitative estimate of drug-likeness (QED) is 0.873. The summed E-state index contributed by atoms with van der Waals surface area (Å²) in [5.41, 5.74) is 4.49. The third-order valence-corrected chi connectivity index (χ3v) is 4.53. The minimum absolute atomic E-state index is 0.849. The normalized spacial score (nSPS) is 27.7. The van der Waals surface area contributed by atoms with Crippen molar-refractivity contribution in [2.75, 3.05) is 25.0 Å². The Morgan fingerprint density at radius 2 is 2.00 bits per heavy atom. The molecule has 1 aromatic rings. The molecule has 3 rings (SSSR count). The molecular weight excluding hydrogens is 232 g/mol. The van der Waals surface area contributed by atoms with Crippen molar-refractivity contribution >= 4 is 5.69 Å². The highest BCUT2D eigenvalue weighted by molar-refractivity contribution is 5.56. The van der Waals surface area contributed by atoms with Crippen LogP contribution in [0, 0.1) is 11.8 Å². The fourth-order valence-corrected chi connectivity index (χ4v) is 3.89. The van der Waals surface area contributed by atoms with E-state index in [-0.39, 0.29) is 0 Å². The molecule has 104 valence electrons. The van der Waals surface area contributed by atoms with Crippen molar-refractivity contribution in [3.63, 3.8) is 0 Å². The van der Waals surface area contributed by atoms with Gasteiger partial charge in [-0.25, -0.2) is 0 Å². The summed E-state index contributed by atoms with van der Waals surface area (Å²) in [6.07, 6.45) is 3.92. The van der Waals surface area contributed by atoms with Crippen LogP contribution in [0.15, 0.2) is 18.2 Å². The van der Waals surface area contributed by atoms with E-state index in [9.17, 15) is 0 Å². The summed E-state index contributed by atoms with van der Waals surface area (Å²) in [5.74, 6) is 1.70. The van der Waals surface area contributed by atoms with Crippen LogP contribution in [0.4, 0.5) is 5.69 Å². The van der Waals surface area contributed by atoms with E-state index in [0.29, 0.717) is 0 Å². The van der Waals surface area contributed by atoms with Gasteiger partial charge in [0.1, 0.15) is 0 Å². The summed E-state index contributed by atoms with van der Waals surface area (Å²) in [4.78, 5) is 2.66. The zero-order valence-corrected chi connectivity index (χ0v) is 12.3. The molecule has 2 aliphatic rings. The molecule has 1 saturated heterocycles. The first-order valence-corrected chi connectivity index (χ1v) is 7.79. The van der Waals surface area contributed by atoms with Crippen LogP contribution >= 0.6 is 0 Å². The molecule has 19 heavy (non-hydrogen) atoms. The number of fused-ring (bicyclic) bond motifs is 1. The molecule has 0 spiro atoms. The minimum Gasteiger partial charge on any atom is -0.385 e. The molecule has 2 unspecified atom stereocenters. The zero-order chi connectivity index (χ0) is 13.2. The third kappa shape index (κ3) is 2.94. The second kappa shape index (κ2) is 5.54. The smallest absolute Gasteiger partial charge is 0.0375 e. The molecule has 1 N–H and O–H groups in total. The van der Waals surface area contributed by atoms with Crippen LogP contribution in [-0.2, 0) is 13.0 Å². The van der Waals surface area contributed by atoms with Gasteiger partial charge in [0, 0.05) is 31.9 Å². The van der Waals surface area contributed by atoms with E-state index in [1.807, 2.05) is 0 Å². The summed E-state index contributed by atoms with van der Waals surface area (Å²) >= 11 is 0. The van der Waals surface area contributed by atoms with Gasteiger partial charge < -0.3 is 5.32 Å². The van der Waals surface area contributed by atoms with Crippen LogP contribution in [0.3, 0.4) is 0 Å². The molecule has 1 aromatic carbocycles. The summed E-state index contributed by atoms with van der Waals surface area (Å²) in [6, 6.07) is 6.78. The van der Waals surface area contributed by atoms with E-state index in [0.717, 1.165) is 24.9 Å². The van der Waals surface area contributed by atoms with Crippen molar-refractivity contribution in [3.05, 3.63) is 29.3 Å². The number of nitrogens with one attached hydrogen (secondary N) is 1. The third-order valence-electron chi connectivity index (χ3n) is 4.53. The number of hydrogen-bond donors (Lipinski definition) is 1. The number of piperidine rings is 1. The standard InChI is InChI=1S/C17H26N2/c1-13-9-14(2)11-19(10-13)12-15-5-3-7-17-16(15)6-4-8-18-17/h3,5,7,13-14,18H,4,6,8-12H2,1-2H3. The number of likely N-dealkylation sites (tertiary alicyclic amines) is 1. The van der Waals surface area contributed by atoms with Crippen molar-refractivity contribution in [2.45, 2.75) is 39.7 Å². The van der Waals surface area contributed by atoms with Gasteiger partial charge in [-0.2, -0.15) is 0 Å². The highest BCUT2D eigenvalue weighted by Crippen LogP contribution is 2.28. The van der Waals surface area contributed by atoms with Gasteiger partial charge >= 0.3 is 0 Å². The predicted octanol–water partition coefficient (Wildman–Crippen LogP) is 3.52. The summed E-state index contributed by atoms with van der Waals surface area (Å²) in [6.45, 7) is 9.59. The lowest BCUT2D eigenvalue weighted by Gasteiger charge is -2.35. The molecule has 2 atom stereocenters. The summed E-state index contributed by atoms with van der Waals surface area (Å²) in [5, 5.41) is 3.54. The number of hydrogen-bond acceptors (Lipinski definition) is 2. The van der Waals surface area contributed by atoms with E-state index in [2.05, 4.69) is 42.3 Å². The van der Waals surface area contributed by atoms with Crippen molar-refractivity contribution in [3.8, 4) is 0 Å². The minimum atomic E-state index is 0.849. The Hall–Kier alpha value is -1.02. The first-order chi connectivity index (χ1) is 9.22. The molecule has 1 fully saturated rings. The van der Waals surface area contributed by atoms with Gasteiger partial charge in [0.2, 0.25) is 0 Å². The second-order valence-electron chi connectivity index (χ2n) is 6.61. The zero-order valence-electron chi connectivity index (χ0n) is 12.3. The highest BCUT2D eigenvalue weighted by atomic mass is 15.1. The Morgan fingerprint density at radius 1 is 1.21 bits per heavy atom. The highest BCUT2D eigenvalue weighted by Gasteiger charge is 2.23. The van der Waals surface area contributed by atoms with Crippen LogP contribution < -0.4 is 5.32 Å². The molecule has 2 aliphatic heterocycles. The first kappa shape index (κ1) is 13.0. The Morgan fingerprint density at radius 3 is 2.79 bits per heavy atom. The number of rotatable bonds is 2. The van der Waals surface area contributed by atoms with Gasteiger partial charge in [0.15, 0.2) is 0 Å². The van der Waals surface area contributed by atoms with Crippen molar-refractivity contribution in [1.82, 2.24) is 4.90 Å². The van der Waals surface area contributed by atoms with Crippen LogP contribution in [0.1, 0.15) is 37.8 Å². The van der Waals surface area contributed by atoms with Crippen molar-refractivity contribution in [1.29, 1.82) is 0 Å². The molecule has 2 heterocycles. The lowest BCUT2D eigenvalue weighted by Crippen LogP contribution is -2.38. The van der Waals surface area contributed by atoms with Crippen LogP contribution in [0.25, 0.3) is 0 Å². The second-order valence-corrected chi connectivity index (χ2v) is 6.61. The molecule has 0 radical (unpaired) electrons. The number of benzene rings is 1. The van der Waals surface area contributed by atoms with E-state index < -0.39 is 0 Å². The van der Waals surface area contributed by atoms with Gasteiger partial charge in [-0.15, -0.1) is 0 Å². The molecule has 0 amide bonds. The topological polar surface area (TPSA) is 15.3 Å². The fourth-order valence-electron chi connectivity index (χ4n) is 3.89. The molecule has 0 saturated carbocycles. The molecule has 0 bridgehead atoms. The number of nitrogens with zero attached hydrogens (tertiary/aromatic N) is 1. The molecular formula is C17H26N2. The maximum Gasteiger partial charge on any atom is 0.0375 e. The fraction of sp³-hybridized carbons (Fsp3) is 0.647. The van der Waals surface area contributed by atoms with E-state index in [4.69, 9.17) is 0 Å². The van der Waals surface area contributed by atoms with Crippen LogP contribution in [0.5, 0.6) is 0 Å². The first-order valence-electron chi connectivity index (χ1n) is 7.79. The molecule has 2 nitrogen and oxygen atoms in total. The summed E-state index contributed by atoms with van der Waals surface area (Å²) < 4.78 is 0. The lowest BCUT2D eigenvalue weighted by molar-refractivity contribution is 0.134. The average Bonchev–Trinajstić information content (AvgIpc) is 2.38. The Balaban J connectivity index is 1.76. The molecule has 0 aromatic heterocycles. The summed E-state index contributed by atoms with van der Waals surface area (Å²) in [7, 11) is 0. The van der Waals surface area contributed by atoms with Crippen LogP contribution in [-0.4, -0.2) is 24.5 Å². The maximum absolute atomic E-state index is 3.54. The van der Waals surface area contributed by atoms with E-state index in [1.54, 1.807) is 11.1 Å².